The van der Waals surface area contributed by atoms with E-state index in [4.69, 9.17) is 4.74 Å². The lowest BCUT2D eigenvalue weighted by Crippen LogP contribution is -2.53. The molecule has 1 aromatic heterocycles. The van der Waals surface area contributed by atoms with Gasteiger partial charge in [0.1, 0.15) is 5.69 Å². The molecule has 2 fully saturated rings. The first-order valence-electron chi connectivity index (χ1n) is 8.44. The van der Waals surface area contributed by atoms with E-state index in [0.717, 1.165) is 18.8 Å². The third kappa shape index (κ3) is 4.10. The molecule has 0 atom stereocenters. The summed E-state index contributed by atoms with van der Waals surface area (Å²) in [5.41, 5.74) is 1.31. The smallest absolute Gasteiger partial charge is 0.272 e. The minimum Gasteiger partial charge on any atom is -0.379 e. The Morgan fingerprint density at radius 1 is 1.04 bits per heavy atom. The number of nitrogens with zero attached hydrogens (tertiary/aromatic N) is 4. The molecule has 130 valence electrons. The average molecular weight is 332 g/mol. The van der Waals surface area contributed by atoms with Crippen LogP contribution in [-0.2, 0) is 9.53 Å². The van der Waals surface area contributed by atoms with Gasteiger partial charge in [0.2, 0.25) is 5.91 Å². The van der Waals surface area contributed by atoms with E-state index in [1.165, 1.54) is 0 Å². The van der Waals surface area contributed by atoms with Gasteiger partial charge in [0.05, 0.1) is 19.8 Å². The number of ether oxygens (including phenoxy) is 1. The average Bonchev–Trinajstić information content (AvgIpc) is 2.62. The number of hydrogen-bond donors (Lipinski definition) is 0. The van der Waals surface area contributed by atoms with Crippen LogP contribution in [0.25, 0.3) is 0 Å². The van der Waals surface area contributed by atoms with E-state index in [1.54, 1.807) is 11.0 Å². The molecular weight excluding hydrogens is 308 g/mol. The summed E-state index contributed by atoms with van der Waals surface area (Å²) < 4.78 is 5.30. The van der Waals surface area contributed by atoms with Gasteiger partial charge in [0.25, 0.3) is 5.91 Å². The highest BCUT2D eigenvalue weighted by atomic mass is 16.5. The predicted octanol–water partition coefficient (Wildman–Crippen LogP) is 0.00662. The van der Waals surface area contributed by atoms with Gasteiger partial charge in [0.15, 0.2) is 0 Å². The molecule has 2 aliphatic heterocycles. The van der Waals surface area contributed by atoms with E-state index in [0.29, 0.717) is 51.6 Å². The Morgan fingerprint density at radius 2 is 1.71 bits per heavy atom. The summed E-state index contributed by atoms with van der Waals surface area (Å²) in [7, 11) is 0. The zero-order valence-corrected chi connectivity index (χ0v) is 14.1. The van der Waals surface area contributed by atoms with Gasteiger partial charge in [0, 0.05) is 45.0 Å². The number of hydrogen-bond acceptors (Lipinski definition) is 5. The zero-order chi connectivity index (χ0) is 16.9. The van der Waals surface area contributed by atoms with Gasteiger partial charge < -0.3 is 14.5 Å². The van der Waals surface area contributed by atoms with Gasteiger partial charge in [-0.1, -0.05) is 6.07 Å². The van der Waals surface area contributed by atoms with Crippen LogP contribution in [0.4, 0.5) is 0 Å². The second kappa shape index (κ2) is 7.72. The topological polar surface area (TPSA) is 66.0 Å². The summed E-state index contributed by atoms with van der Waals surface area (Å²) in [5.74, 6) is 0.0802. The molecule has 2 amide bonds. The number of piperazine rings is 1. The Bertz CT molecular complexity index is 593. The number of morpholine rings is 1. The first kappa shape index (κ1) is 16.9. The normalized spacial score (nSPS) is 19.4. The summed E-state index contributed by atoms with van der Waals surface area (Å²) in [4.78, 5) is 34.9. The van der Waals surface area contributed by atoms with Crippen molar-refractivity contribution in [1.29, 1.82) is 0 Å². The van der Waals surface area contributed by atoms with E-state index in [-0.39, 0.29) is 11.8 Å². The Labute approximate surface area is 142 Å². The molecule has 3 rings (SSSR count). The Morgan fingerprint density at radius 3 is 2.38 bits per heavy atom. The number of aryl methyl sites for hydroxylation is 1. The monoisotopic (exact) mass is 332 g/mol. The molecule has 0 aliphatic carbocycles. The van der Waals surface area contributed by atoms with Crippen LogP contribution in [0.5, 0.6) is 0 Å². The van der Waals surface area contributed by atoms with Gasteiger partial charge in [-0.25, -0.2) is 4.98 Å². The molecule has 7 nitrogen and oxygen atoms in total. The summed E-state index contributed by atoms with van der Waals surface area (Å²) in [6, 6.07) is 5.46. The standard InChI is InChI=1S/C17H24N4O3/c1-14-3-2-4-15(18-14)17(23)21-7-5-20(6-8-21)16(22)13-19-9-11-24-12-10-19/h2-4H,5-13H2,1H3. The molecule has 0 aromatic carbocycles. The van der Waals surface area contributed by atoms with Crippen molar-refractivity contribution in [3.63, 3.8) is 0 Å². The third-order valence-corrected chi connectivity index (χ3v) is 4.49. The van der Waals surface area contributed by atoms with Crippen LogP contribution < -0.4 is 0 Å². The molecule has 0 unspecified atom stereocenters. The molecule has 2 saturated heterocycles. The van der Waals surface area contributed by atoms with Crippen LogP contribution in [0.1, 0.15) is 16.2 Å². The minimum absolute atomic E-state index is 0.0565. The van der Waals surface area contributed by atoms with Crippen molar-refractivity contribution in [2.24, 2.45) is 0 Å². The molecule has 3 heterocycles. The van der Waals surface area contributed by atoms with Gasteiger partial charge in [-0.3, -0.25) is 14.5 Å². The summed E-state index contributed by atoms with van der Waals surface area (Å²) in [5, 5.41) is 0. The van der Waals surface area contributed by atoms with E-state index < -0.39 is 0 Å². The van der Waals surface area contributed by atoms with Crippen molar-refractivity contribution >= 4 is 11.8 Å². The van der Waals surface area contributed by atoms with E-state index in [2.05, 4.69) is 9.88 Å². The quantitative estimate of drug-likeness (QED) is 0.780. The Kier molecular flexibility index (Phi) is 5.42. The third-order valence-electron chi connectivity index (χ3n) is 4.49. The fraction of sp³-hybridized carbons (Fsp3) is 0.588. The fourth-order valence-corrected chi connectivity index (χ4v) is 3.03. The van der Waals surface area contributed by atoms with Crippen molar-refractivity contribution < 1.29 is 14.3 Å². The molecule has 24 heavy (non-hydrogen) atoms. The molecule has 7 heteroatoms. The molecule has 0 N–H and O–H groups in total. The number of carbonyl (C=O) groups excluding carboxylic acids is 2. The second-order valence-corrected chi connectivity index (χ2v) is 6.23. The van der Waals surface area contributed by atoms with Gasteiger partial charge in [-0.05, 0) is 19.1 Å². The van der Waals surface area contributed by atoms with Gasteiger partial charge in [-0.2, -0.15) is 0 Å². The maximum Gasteiger partial charge on any atom is 0.272 e. The molecule has 0 saturated carbocycles. The van der Waals surface area contributed by atoms with E-state index in [1.807, 2.05) is 24.0 Å². The number of amides is 2. The zero-order valence-electron chi connectivity index (χ0n) is 14.1. The maximum atomic E-state index is 12.5. The molecule has 2 aliphatic rings. The molecular formula is C17H24N4O3. The minimum atomic E-state index is -0.0565. The van der Waals surface area contributed by atoms with Crippen LogP contribution in [0.15, 0.2) is 18.2 Å². The number of carbonyl (C=O) groups is 2. The molecule has 0 radical (unpaired) electrons. The Hall–Kier alpha value is -1.99. The molecule has 0 bridgehead atoms. The van der Waals surface area contributed by atoms with Crippen LogP contribution in [0.3, 0.4) is 0 Å². The highest BCUT2D eigenvalue weighted by molar-refractivity contribution is 5.92. The first-order valence-corrected chi connectivity index (χ1v) is 8.44. The molecule has 0 spiro atoms. The summed E-state index contributed by atoms with van der Waals surface area (Å²) in [6.45, 7) is 7.61. The predicted molar refractivity (Wildman–Crippen MR) is 88.7 cm³/mol. The number of pyridine rings is 1. The molecule has 1 aromatic rings. The van der Waals surface area contributed by atoms with Crippen LogP contribution in [0, 0.1) is 6.92 Å². The van der Waals surface area contributed by atoms with Crippen molar-refractivity contribution in [3.05, 3.63) is 29.6 Å². The Balaban J connectivity index is 1.50. The lowest BCUT2D eigenvalue weighted by molar-refractivity contribution is -0.134. The lowest BCUT2D eigenvalue weighted by Gasteiger charge is -2.36. The van der Waals surface area contributed by atoms with Crippen molar-refractivity contribution in [3.8, 4) is 0 Å². The second-order valence-electron chi connectivity index (χ2n) is 6.23. The van der Waals surface area contributed by atoms with Crippen molar-refractivity contribution in [2.45, 2.75) is 6.92 Å². The van der Waals surface area contributed by atoms with Crippen LogP contribution in [-0.4, -0.2) is 90.5 Å². The highest BCUT2D eigenvalue weighted by Gasteiger charge is 2.26. The van der Waals surface area contributed by atoms with E-state index in [9.17, 15) is 9.59 Å². The van der Waals surface area contributed by atoms with Crippen molar-refractivity contribution in [1.82, 2.24) is 19.7 Å². The lowest BCUT2D eigenvalue weighted by atomic mass is 10.2. The maximum absolute atomic E-state index is 12.5. The van der Waals surface area contributed by atoms with Gasteiger partial charge in [-0.15, -0.1) is 0 Å². The van der Waals surface area contributed by atoms with Crippen LogP contribution in [0.2, 0.25) is 0 Å². The van der Waals surface area contributed by atoms with Crippen molar-refractivity contribution in [2.75, 3.05) is 59.0 Å². The van der Waals surface area contributed by atoms with E-state index >= 15 is 0 Å². The largest absolute Gasteiger partial charge is 0.379 e. The van der Waals surface area contributed by atoms with Gasteiger partial charge >= 0.3 is 0 Å². The fourth-order valence-electron chi connectivity index (χ4n) is 3.03. The summed E-state index contributed by atoms with van der Waals surface area (Å²) in [6.07, 6.45) is 0. The summed E-state index contributed by atoms with van der Waals surface area (Å²) >= 11 is 0. The van der Waals surface area contributed by atoms with Crippen LogP contribution >= 0.6 is 0 Å². The number of rotatable bonds is 3. The number of aromatic nitrogens is 1. The SMILES string of the molecule is Cc1cccc(C(=O)N2CCN(C(=O)CN3CCOCC3)CC2)n1. The first-order chi connectivity index (χ1) is 11.6. The highest BCUT2D eigenvalue weighted by Crippen LogP contribution is 2.09.